The van der Waals surface area contributed by atoms with E-state index in [0.717, 1.165) is 0 Å². The number of aryl methyl sites for hydroxylation is 2. The van der Waals surface area contributed by atoms with E-state index in [1.165, 1.54) is 16.7 Å². The van der Waals surface area contributed by atoms with Crippen LogP contribution in [-0.4, -0.2) is 21.6 Å². The van der Waals surface area contributed by atoms with E-state index in [9.17, 15) is 19.2 Å². The molecule has 0 saturated carbocycles. The molecule has 0 aliphatic carbocycles. The number of H-pyrrole nitrogens is 1. The Morgan fingerprint density at radius 3 is 2.44 bits per heavy atom. The molecule has 0 spiro atoms. The Labute approximate surface area is 144 Å². The van der Waals surface area contributed by atoms with Crippen molar-refractivity contribution in [3.8, 4) is 12.3 Å². The van der Waals surface area contributed by atoms with E-state index in [-0.39, 0.29) is 16.8 Å². The number of carbonyl (C=O) groups is 2. The Kier molecular flexibility index (Phi) is 5.18. The zero-order chi connectivity index (χ0) is 18.7. The molecule has 0 radical (unpaired) electrons. The number of aromatic amines is 1. The zero-order valence-electron chi connectivity index (χ0n) is 14.3. The topological polar surface area (TPSA) is 89.0 Å². The highest BCUT2D eigenvalue weighted by atomic mass is 16.1. The first-order chi connectivity index (χ1) is 11.8. The fraction of sp³-hybridized carbons (Fsp3) is 0.263. The molecule has 2 heterocycles. The van der Waals surface area contributed by atoms with Crippen LogP contribution in [0.3, 0.4) is 0 Å². The van der Waals surface area contributed by atoms with Crippen LogP contribution in [0.1, 0.15) is 49.7 Å². The van der Waals surface area contributed by atoms with E-state index in [4.69, 9.17) is 6.42 Å². The Morgan fingerprint density at radius 1 is 1.20 bits per heavy atom. The molecule has 0 aliphatic heterocycles. The number of aldehydes is 1. The van der Waals surface area contributed by atoms with Gasteiger partial charge in [-0.3, -0.25) is 19.2 Å². The van der Waals surface area contributed by atoms with Gasteiger partial charge in [-0.05, 0) is 31.9 Å². The van der Waals surface area contributed by atoms with Gasteiger partial charge in [0.05, 0.1) is 11.3 Å². The minimum atomic E-state index is -0.455. The van der Waals surface area contributed by atoms with Gasteiger partial charge in [0.25, 0.3) is 5.56 Å². The maximum atomic E-state index is 13.1. The molecule has 6 heteroatoms. The fourth-order valence-electron chi connectivity index (χ4n) is 2.95. The van der Waals surface area contributed by atoms with E-state index < -0.39 is 11.3 Å². The van der Waals surface area contributed by atoms with Gasteiger partial charge in [0.15, 0.2) is 12.1 Å². The highest BCUT2D eigenvalue weighted by Gasteiger charge is 2.23. The lowest BCUT2D eigenvalue weighted by Gasteiger charge is -2.16. The van der Waals surface area contributed by atoms with Crippen LogP contribution in [0.15, 0.2) is 21.7 Å². The summed E-state index contributed by atoms with van der Waals surface area (Å²) in [7, 11) is 0. The van der Waals surface area contributed by atoms with Crippen molar-refractivity contribution in [1.82, 2.24) is 9.55 Å². The molecule has 6 nitrogen and oxygen atoms in total. The van der Waals surface area contributed by atoms with Crippen LogP contribution in [-0.2, 0) is 6.54 Å². The molecule has 25 heavy (non-hydrogen) atoms. The van der Waals surface area contributed by atoms with Gasteiger partial charge in [0, 0.05) is 36.4 Å². The maximum Gasteiger partial charge on any atom is 0.251 e. The molecule has 2 rings (SSSR count). The summed E-state index contributed by atoms with van der Waals surface area (Å²) in [6.07, 6.45) is 6.06. The predicted molar refractivity (Wildman–Crippen MR) is 94.2 cm³/mol. The Bertz CT molecular complexity index is 1020. The Morgan fingerprint density at radius 2 is 1.84 bits per heavy atom. The number of carbonyl (C=O) groups excluding carboxylic acids is 2. The number of rotatable bonds is 5. The number of pyridine rings is 2. The van der Waals surface area contributed by atoms with Crippen LogP contribution in [0, 0.1) is 33.1 Å². The summed E-state index contributed by atoms with van der Waals surface area (Å²) in [4.78, 5) is 50.5. The van der Waals surface area contributed by atoms with Gasteiger partial charge in [-0.15, -0.1) is 12.3 Å². The van der Waals surface area contributed by atoms with Crippen molar-refractivity contribution in [3.63, 3.8) is 0 Å². The van der Waals surface area contributed by atoms with Gasteiger partial charge in [0.1, 0.15) is 0 Å². The molecule has 0 amide bonds. The minimum Gasteiger partial charge on any atom is -0.319 e. The van der Waals surface area contributed by atoms with E-state index in [0.29, 0.717) is 41.6 Å². The van der Waals surface area contributed by atoms with E-state index in [2.05, 4.69) is 10.9 Å². The zero-order valence-corrected chi connectivity index (χ0v) is 14.3. The fourth-order valence-corrected chi connectivity index (χ4v) is 2.95. The first-order valence-electron chi connectivity index (χ1n) is 7.70. The molecule has 2 aromatic heterocycles. The SMILES string of the molecule is C#CCCn1c(C)c(C(=O)c2c(C)cc(=O)[nH]c2C=O)c(C)cc1=O. The normalized spacial score (nSPS) is 10.3. The Balaban J connectivity index is 2.74. The van der Waals surface area contributed by atoms with Gasteiger partial charge in [-0.1, -0.05) is 0 Å². The molecule has 0 aliphatic rings. The number of terminal acetylenes is 1. The molecule has 0 fully saturated rings. The second-order valence-electron chi connectivity index (χ2n) is 5.78. The maximum absolute atomic E-state index is 13.1. The van der Waals surface area contributed by atoms with Gasteiger partial charge < -0.3 is 9.55 Å². The third-order valence-electron chi connectivity index (χ3n) is 4.09. The summed E-state index contributed by atoms with van der Waals surface area (Å²) >= 11 is 0. The van der Waals surface area contributed by atoms with Crippen molar-refractivity contribution in [2.75, 3.05) is 0 Å². The number of hydrogen-bond donors (Lipinski definition) is 1. The molecule has 2 aromatic rings. The second-order valence-corrected chi connectivity index (χ2v) is 5.78. The number of nitrogens with zero attached hydrogens (tertiary/aromatic N) is 1. The summed E-state index contributed by atoms with van der Waals surface area (Å²) in [5, 5.41) is 0. The number of nitrogens with one attached hydrogen (secondary N) is 1. The first-order valence-corrected chi connectivity index (χ1v) is 7.70. The highest BCUT2D eigenvalue weighted by Crippen LogP contribution is 2.20. The van der Waals surface area contributed by atoms with Gasteiger partial charge in [-0.25, -0.2) is 0 Å². The average Bonchev–Trinajstić information content (AvgIpc) is 2.53. The highest BCUT2D eigenvalue weighted by molar-refractivity contribution is 6.14. The average molecular weight is 338 g/mol. The van der Waals surface area contributed by atoms with E-state index >= 15 is 0 Å². The van der Waals surface area contributed by atoms with E-state index in [1.807, 2.05) is 0 Å². The van der Waals surface area contributed by atoms with Crippen LogP contribution in [0.2, 0.25) is 0 Å². The molecule has 0 atom stereocenters. The molecule has 1 N–H and O–H groups in total. The molecule has 0 aromatic carbocycles. The summed E-state index contributed by atoms with van der Waals surface area (Å²) < 4.78 is 1.45. The van der Waals surface area contributed by atoms with Crippen molar-refractivity contribution in [2.45, 2.75) is 33.7 Å². The van der Waals surface area contributed by atoms with Gasteiger partial charge in [-0.2, -0.15) is 0 Å². The molecule has 128 valence electrons. The predicted octanol–water partition coefficient (Wildman–Crippen LogP) is 1.53. The van der Waals surface area contributed by atoms with Crippen molar-refractivity contribution < 1.29 is 9.59 Å². The summed E-state index contributed by atoms with van der Waals surface area (Å²) in [6, 6.07) is 2.64. The van der Waals surface area contributed by atoms with Crippen LogP contribution in [0.25, 0.3) is 0 Å². The van der Waals surface area contributed by atoms with Crippen LogP contribution in [0.4, 0.5) is 0 Å². The second kappa shape index (κ2) is 7.14. The van der Waals surface area contributed by atoms with Crippen LogP contribution in [0.5, 0.6) is 0 Å². The quantitative estimate of drug-likeness (QED) is 0.509. The summed E-state index contributed by atoms with van der Waals surface area (Å²) in [5.41, 5.74) is 1.07. The molecule has 0 unspecified atom stereocenters. The smallest absolute Gasteiger partial charge is 0.251 e. The standard InChI is InChI=1S/C19H18N2O4/c1-5-6-7-21-13(4)17(12(3)9-16(21)24)19(25)18-11(2)8-15(23)20-14(18)10-22/h1,8-10H,6-7H2,2-4H3,(H,20,23). The third-order valence-corrected chi connectivity index (χ3v) is 4.09. The summed E-state index contributed by atoms with van der Waals surface area (Å²) in [6.45, 7) is 5.22. The summed E-state index contributed by atoms with van der Waals surface area (Å²) in [5.74, 6) is 2.05. The van der Waals surface area contributed by atoms with Crippen LogP contribution >= 0.6 is 0 Å². The lowest BCUT2D eigenvalue weighted by molar-refractivity contribution is 0.102. The lowest BCUT2D eigenvalue weighted by Crippen LogP contribution is -2.27. The number of hydrogen-bond acceptors (Lipinski definition) is 4. The van der Waals surface area contributed by atoms with Crippen molar-refractivity contribution in [3.05, 3.63) is 66.5 Å². The largest absolute Gasteiger partial charge is 0.319 e. The molecular formula is C19H18N2O4. The van der Waals surface area contributed by atoms with Gasteiger partial charge >= 0.3 is 0 Å². The monoisotopic (exact) mass is 338 g/mol. The van der Waals surface area contributed by atoms with E-state index in [1.54, 1.807) is 20.8 Å². The minimum absolute atomic E-state index is 0.0739. The number of aromatic nitrogens is 2. The van der Waals surface area contributed by atoms with Crippen LogP contribution < -0.4 is 11.1 Å². The molecule has 0 saturated heterocycles. The van der Waals surface area contributed by atoms with Crippen molar-refractivity contribution >= 4 is 12.1 Å². The molecule has 0 bridgehead atoms. The van der Waals surface area contributed by atoms with Gasteiger partial charge in [0.2, 0.25) is 5.56 Å². The number of ketones is 1. The lowest BCUT2D eigenvalue weighted by atomic mass is 9.94. The Hall–Kier alpha value is -3.20. The first kappa shape index (κ1) is 18.1. The van der Waals surface area contributed by atoms with Crippen molar-refractivity contribution in [1.29, 1.82) is 0 Å². The van der Waals surface area contributed by atoms with Crippen molar-refractivity contribution in [2.24, 2.45) is 0 Å². The molecular weight excluding hydrogens is 320 g/mol. The third kappa shape index (κ3) is 3.36.